The molecule has 7 nitrogen and oxygen atoms in total. The Kier molecular flexibility index (Phi) is 8.01. The van der Waals surface area contributed by atoms with Crippen LogP contribution in [-0.4, -0.2) is 22.3 Å². The van der Waals surface area contributed by atoms with Gasteiger partial charge in [0.1, 0.15) is 6.61 Å². The van der Waals surface area contributed by atoms with E-state index in [0.717, 1.165) is 31.7 Å². The Morgan fingerprint density at radius 3 is 2.40 bits per heavy atom. The third-order valence-electron chi connectivity index (χ3n) is 6.32. The monoisotopic (exact) mass is 660 g/mol. The quantitative estimate of drug-likeness (QED) is 0.135. The van der Waals surface area contributed by atoms with Crippen molar-refractivity contribution in [1.82, 2.24) is 15.2 Å². The highest BCUT2D eigenvalue weighted by Crippen LogP contribution is 2.42. The summed E-state index contributed by atoms with van der Waals surface area (Å²) in [4.78, 5) is 4.78. The summed E-state index contributed by atoms with van der Waals surface area (Å²) in [6.07, 6.45) is -0.545. The Bertz CT molecular complexity index is 1620. The van der Waals surface area contributed by atoms with E-state index in [9.17, 15) is 0 Å². The third-order valence-corrected chi connectivity index (χ3v) is 8.03. The highest BCUT2D eigenvalue weighted by Gasteiger charge is 2.27. The first-order chi connectivity index (χ1) is 19.7. The van der Waals surface area contributed by atoms with E-state index < -0.39 is 6.23 Å². The fourth-order valence-electron chi connectivity index (χ4n) is 4.34. The normalized spacial score (nSPS) is 13.7. The zero-order valence-electron chi connectivity index (χ0n) is 21.6. The molecule has 9 heteroatoms. The minimum Gasteiger partial charge on any atom is -0.493 e. The molecule has 5 aromatic rings. The molecular weight excluding hydrogens is 635 g/mol. The van der Waals surface area contributed by atoms with Crippen LogP contribution in [0.3, 0.4) is 0 Å². The average Bonchev–Trinajstić information content (AvgIpc) is 3.16. The zero-order chi connectivity index (χ0) is 27.3. The minimum absolute atomic E-state index is 0.423. The molecule has 0 saturated heterocycles. The van der Waals surface area contributed by atoms with Crippen molar-refractivity contribution in [1.29, 1.82) is 0 Å². The molecule has 4 aromatic carbocycles. The van der Waals surface area contributed by atoms with Crippen LogP contribution < -0.4 is 19.5 Å². The first-order valence-electron chi connectivity index (χ1n) is 12.7. The Morgan fingerprint density at radius 2 is 1.62 bits per heavy atom. The van der Waals surface area contributed by atoms with Gasteiger partial charge in [0.25, 0.3) is 0 Å². The Hall–Kier alpha value is -3.83. The first kappa shape index (κ1) is 26.4. The lowest BCUT2D eigenvalue weighted by Gasteiger charge is -2.21. The summed E-state index contributed by atoms with van der Waals surface area (Å²) >= 11 is 3.80. The molecule has 40 heavy (non-hydrogen) atoms. The summed E-state index contributed by atoms with van der Waals surface area (Å²) in [7, 11) is 1.64. The van der Waals surface area contributed by atoms with Crippen molar-refractivity contribution in [2.24, 2.45) is 0 Å². The van der Waals surface area contributed by atoms with Crippen LogP contribution in [-0.2, 0) is 12.4 Å². The Labute approximate surface area is 250 Å². The molecule has 1 aromatic heterocycles. The number of ether oxygens (including phenoxy) is 3. The molecule has 200 valence electrons. The van der Waals surface area contributed by atoms with Crippen LogP contribution in [0, 0.1) is 3.57 Å². The Balaban J connectivity index is 1.31. The number of aromatic nitrogens is 3. The van der Waals surface area contributed by atoms with Crippen molar-refractivity contribution >= 4 is 40.0 Å². The average molecular weight is 661 g/mol. The summed E-state index contributed by atoms with van der Waals surface area (Å²) in [5, 5.41) is 13.0. The minimum atomic E-state index is -0.545. The van der Waals surface area contributed by atoms with Crippen molar-refractivity contribution in [2.45, 2.75) is 23.7 Å². The molecule has 2 heterocycles. The van der Waals surface area contributed by atoms with Crippen molar-refractivity contribution in [3.8, 4) is 28.6 Å². The number of hydrogen-bond donors (Lipinski definition) is 1. The van der Waals surface area contributed by atoms with E-state index in [-0.39, 0.29) is 0 Å². The molecule has 0 saturated carbocycles. The highest BCUT2D eigenvalue weighted by atomic mass is 127. The standard InChI is InChI=1S/C31H25IN4O3S/c1-37-26-17-22(16-24(32)28(26)38-18-20-10-4-2-5-11-20)29-33-25-15-9-8-14-23(25)27-30(39-29)34-31(36-35-27)40-19-21-12-6-3-7-13-21/h2-17,29,33H,18-19H2,1H3/t29-/m1/s1. The van der Waals surface area contributed by atoms with Gasteiger partial charge < -0.3 is 19.5 Å². The number of methoxy groups -OCH3 is 1. The number of nitrogens with zero attached hydrogens (tertiary/aromatic N) is 3. The van der Waals surface area contributed by atoms with Crippen LogP contribution in [0.4, 0.5) is 5.69 Å². The van der Waals surface area contributed by atoms with Crippen molar-refractivity contribution in [3.05, 3.63) is 117 Å². The second kappa shape index (κ2) is 12.1. The molecule has 0 radical (unpaired) electrons. The topological polar surface area (TPSA) is 78.4 Å². The zero-order valence-corrected chi connectivity index (χ0v) is 24.6. The van der Waals surface area contributed by atoms with Gasteiger partial charge in [-0.05, 0) is 51.9 Å². The van der Waals surface area contributed by atoms with E-state index in [1.54, 1.807) is 7.11 Å². The van der Waals surface area contributed by atoms with Crippen LogP contribution in [0.2, 0.25) is 0 Å². The van der Waals surface area contributed by atoms with E-state index in [1.807, 2.05) is 84.9 Å². The largest absolute Gasteiger partial charge is 0.493 e. The van der Waals surface area contributed by atoms with Crippen LogP contribution in [0.1, 0.15) is 22.9 Å². The van der Waals surface area contributed by atoms with Crippen LogP contribution in [0.25, 0.3) is 11.3 Å². The summed E-state index contributed by atoms with van der Waals surface area (Å²) in [5.74, 6) is 2.47. The number of rotatable bonds is 8. The molecule has 1 aliphatic rings. The van der Waals surface area contributed by atoms with Gasteiger partial charge in [-0.25, -0.2) is 0 Å². The lowest BCUT2D eigenvalue weighted by Crippen LogP contribution is -2.17. The van der Waals surface area contributed by atoms with Crippen molar-refractivity contribution in [3.63, 3.8) is 0 Å². The van der Waals surface area contributed by atoms with E-state index in [4.69, 9.17) is 19.2 Å². The predicted molar refractivity (Wildman–Crippen MR) is 165 cm³/mol. The van der Waals surface area contributed by atoms with Gasteiger partial charge in [-0.15, -0.1) is 10.2 Å². The van der Waals surface area contributed by atoms with Crippen molar-refractivity contribution in [2.75, 3.05) is 12.4 Å². The lowest BCUT2D eigenvalue weighted by molar-refractivity contribution is 0.223. The molecule has 0 spiro atoms. The smallest absolute Gasteiger partial charge is 0.247 e. The van der Waals surface area contributed by atoms with Crippen molar-refractivity contribution < 1.29 is 14.2 Å². The van der Waals surface area contributed by atoms with Gasteiger partial charge in [0.2, 0.25) is 11.0 Å². The molecule has 0 unspecified atom stereocenters. The fourth-order valence-corrected chi connectivity index (χ4v) is 5.86. The van der Waals surface area contributed by atoms with E-state index >= 15 is 0 Å². The predicted octanol–water partition coefficient (Wildman–Crippen LogP) is 7.53. The van der Waals surface area contributed by atoms with Gasteiger partial charge in [0.05, 0.1) is 10.7 Å². The van der Waals surface area contributed by atoms with Crippen LogP contribution >= 0.6 is 34.4 Å². The molecule has 1 N–H and O–H groups in total. The molecule has 0 amide bonds. The fraction of sp³-hybridized carbons (Fsp3) is 0.129. The molecule has 0 aliphatic carbocycles. The van der Waals surface area contributed by atoms with Gasteiger partial charge >= 0.3 is 0 Å². The lowest BCUT2D eigenvalue weighted by atomic mass is 10.1. The van der Waals surface area contributed by atoms with Crippen LogP contribution in [0.15, 0.2) is 102 Å². The van der Waals surface area contributed by atoms with Gasteiger partial charge in [-0.2, -0.15) is 4.98 Å². The number of thioether (sulfide) groups is 1. The Morgan fingerprint density at radius 1 is 0.900 bits per heavy atom. The maximum Gasteiger partial charge on any atom is 0.247 e. The molecule has 1 atom stereocenters. The summed E-state index contributed by atoms with van der Waals surface area (Å²) in [6, 6.07) is 32.2. The summed E-state index contributed by atoms with van der Waals surface area (Å²) < 4.78 is 19.3. The second-order valence-corrected chi connectivity index (χ2v) is 11.1. The summed E-state index contributed by atoms with van der Waals surface area (Å²) in [6.45, 7) is 0.442. The molecule has 0 bridgehead atoms. The van der Waals surface area contributed by atoms with Gasteiger partial charge in [0, 0.05) is 22.6 Å². The number of nitrogens with one attached hydrogen (secondary N) is 1. The van der Waals surface area contributed by atoms with Crippen LogP contribution in [0.5, 0.6) is 17.4 Å². The van der Waals surface area contributed by atoms with E-state index in [1.165, 1.54) is 17.3 Å². The van der Waals surface area contributed by atoms with Gasteiger partial charge in [-0.1, -0.05) is 90.6 Å². The number of benzene rings is 4. The van der Waals surface area contributed by atoms with E-state index in [0.29, 0.717) is 34.8 Å². The van der Waals surface area contributed by atoms with Gasteiger partial charge in [-0.3, -0.25) is 0 Å². The number of hydrogen-bond acceptors (Lipinski definition) is 8. The summed E-state index contributed by atoms with van der Waals surface area (Å²) in [5.41, 5.74) is 5.49. The molecule has 1 aliphatic heterocycles. The second-order valence-electron chi connectivity index (χ2n) is 9.02. The number of halogens is 1. The first-order valence-corrected chi connectivity index (χ1v) is 14.7. The SMILES string of the molecule is COc1cc([C@@H]2Nc3ccccc3-c3nnc(SCc4ccccc4)nc3O2)cc(I)c1OCc1ccccc1. The number of fused-ring (bicyclic) bond motifs is 3. The number of para-hydroxylation sites is 1. The molecule has 6 rings (SSSR count). The molecule has 0 fully saturated rings. The van der Waals surface area contributed by atoms with Gasteiger partial charge in [0.15, 0.2) is 23.4 Å². The number of anilines is 1. The highest BCUT2D eigenvalue weighted by molar-refractivity contribution is 14.1. The van der Waals surface area contributed by atoms with E-state index in [2.05, 4.69) is 50.2 Å². The molecular formula is C31H25IN4O3S. The third kappa shape index (κ3) is 5.85. The maximum absolute atomic E-state index is 6.50. The maximum atomic E-state index is 6.50.